The molecular formula is C6H12O3. The van der Waals surface area contributed by atoms with Gasteiger partial charge in [-0.05, 0) is 13.3 Å². The third-order valence-corrected chi connectivity index (χ3v) is 0.967. The van der Waals surface area contributed by atoms with Crippen molar-refractivity contribution >= 4 is 0 Å². The fourth-order valence-electron chi connectivity index (χ4n) is 0.421. The second-order valence-electron chi connectivity index (χ2n) is 2.01. The van der Waals surface area contributed by atoms with E-state index in [0.29, 0.717) is 19.1 Å². The average molecular weight is 132 g/mol. The molecule has 0 radical (unpaired) electrons. The minimum atomic E-state index is -0.424. The van der Waals surface area contributed by atoms with Gasteiger partial charge < -0.3 is 15.3 Å². The summed E-state index contributed by atoms with van der Waals surface area (Å²) in [6.07, 6.45) is 1.02. The highest BCUT2D eigenvalue weighted by molar-refractivity contribution is 4.83. The minimum Gasteiger partial charge on any atom is -0.512 e. The van der Waals surface area contributed by atoms with Gasteiger partial charge in [-0.15, -0.1) is 0 Å². The van der Waals surface area contributed by atoms with E-state index in [-0.39, 0.29) is 5.76 Å². The fraction of sp³-hybridized carbons (Fsp3) is 0.667. The third kappa shape index (κ3) is 5.17. The van der Waals surface area contributed by atoms with Crippen LogP contribution in [-0.2, 0) is 0 Å². The van der Waals surface area contributed by atoms with Crippen LogP contribution in [-0.4, -0.2) is 21.4 Å². The maximum absolute atomic E-state index is 8.68. The Bertz CT molecular complexity index is 96.5. The van der Waals surface area contributed by atoms with Crippen LogP contribution in [0.5, 0.6) is 0 Å². The lowest BCUT2D eigenvalue weighted by Crippen LogP contribution is -1.99. The summed E-state index contributed by atoms with van der Waals surface area (Å²) < 4.78 is 0. The van der Waals surface area contributed by atoms with Crippen LogP contribution in [0.2, 0.25) is 0 Å². The van der Waals surface area contributed by atoms with Gasteiger partial charge in [0.1, 0.15) is 12.0 Å². The summed E-state index contributed by atoms with van der Waals surface area (Å²) in [6, 6.07) is 0. The summed E-state index contributed by atoms with van der Waals surface area (Å²) in [6.45, 7) is 1.63. The summed E-state index contributed by atoms with van der Waals surface area (Å²) in [5, 5.41) is 25.4. The van der Waals surface area contributed by atoms with Crippen molar-refractivity contribution < 1.29 is 15.3 Å². The van der Waals surface area contributed by atoms with Gasteiger partial charge in [-0.25, -0.2) is 0 Å². The molecule has 1 unspecified atom stereocenters. The molecule has 1 atom stereocenters. The smallest absolute Gasteiger partial charge is 0.126 e. The topological polar surface area (TPSA) is 60.7 Å². The van der Waals surface area contributed by atoms with Gasteiger partial charge >= 0.3 is 0 Å². The standard InChI is InChI=1S/C6H12O3/c1-5(8)2-3-6(9)4-7/h4-5,7-9H,2-3H2,1H3/b6-4-. The molecule has 54 valence electrons. The Hall–Kier alpha value is -0.700. The van der Waals surface area contributed by atoms with Crippen LogP contribution >= 0.6 is 0 Å². The van der Waals surface area contributed by atoms with Gasteiger partial charge in [0.15, 0.2) is 0 Å². The van der Waals surface area contributed by atoms with Crippen LogP contribution < -0.4 is 0 Å². The Balaban J connectivity index is 3.28. The zero-order chi connectivity index (χ0) is 7.28. The number of aliphatic hydroxyl groups is 3. The van der Waals surface area contributed by atoms with E-state index in [4.69, 9.17) is 15.3 Å². The second-order valence-corrected chi connectivity index (χ2v) is 2.01. The van der Waals surface area contributed by atoms with E-state index in [1.165, 1.54) is 0 Å². The van der Waals surface area contributed by atoms with E-state index < -0.39 is 6.10 Å². The van der Waals surface area contributed by atoms with E-state index in [1.807, 2.05) is 0 Å². The first-order valence-corrected chi connectivity index (χ1v) is 2.87. The molecule has 0 aliphatic heterocycles. The minimum absolute atomic E-state index is 0.0871. The van der Waals surface area contributed by atoms with Crippen LogP contribution in [0, 0.1) is 0 Å². The van der Waals surface area contributed by atoms with Crippen molar-refractivity contribution in [2.24, 2.45) is 0 Å². The quantitative estimate of drug-likeness (QED) is 0.504. The molecule has 0 saturated heterocycles. The van der Waals surface area contributed by atoms with Crippen LogP contribution in [0.15, 0.2) is 12.0 Å². The number of allylic oxidation sites excluding steroid dienone is 1. The van der Waals surface area contributed by atoms with Gasteiger partial charge in [0.05, 0.1) is 6.10 Å². The highest BCUT2D eigenvalue weighted by Crippen LogP contribution is 2.02. The predicted molar refractivity (Wildman–Crippen MR) is 34.3 cm³/mol. The van der Waals surface area contributed by atoms with E-state index in [2.05, 4.69) is 0 Å². The van der Waals surface area contributed by atoms with Crippen molar-refractivity contribution in [3.05, 3.63) is 12.0 Å². The monoisotopic (exact) mass is 132 g/mol. The largest absolute Gasteiger partial charge is 0.512 e. The summed E-state index contributed by atoms with van der Waals surface area (Å²) in [5.74, 6) is -0.0871. The first-order valence-electron chi connectivity index (χ1n) is 2.87. The fourth-order valence-corrected chi connectivity index (χ4v) is 0.421. The molecule has 9 heavy (non-hydrogen) atoms. The molecule has 0 aromatic carbocycles. The van der Waals surface area contributed by atoms with E-state index in [9.17, 15) is 0 Å². The molecule has 0 aliphatic carbocycles. The Labute approximate surface area is 54.3 Å². The van der Waals surface area contributed by atoms with Crippen LogP contribution in [0.3, 0.4) is 0 Å². The molecule has 0 rings (SSSR count). The van der Waals surface area contributed by atoms with Gasteiger partial charge in [-0.2, -0.15) is 0 Å². The van der Waals surface area contributed by atoms with Crippen molar-refractivity contribution in [3.63, 3.8) is 0 Å². The molecule has 0 saturated carbocycles. The maximum atomic E-state index is 8.68. The summed E-state index contributed by atoms with van der Waals surface area (Å²) >= 11 is 0. The molecule has 3 N–H and O–H groups in total. The van der Waals surface area contributed by atoms with Crippen molar-refractivity contribution in [3.8, 4) is 0 Å². The highest BCUT2D eigenvalue weighted by Gasteiger charge is 1.97. The lowest BCUT2D eigenvalue weighted by molar-refractivity contribution is 0.177. The van der Waals surface area contributed by atoms with Gasteiger partial charge in [-0.1, -0.05) is 0 Å². The Morgan fingerprint density at radius 1 is 1.67 bits per heavy atom. The summed E-state index contributed by atoms with van der Waals surface area (Å²) in [4.78, 5) is 0. The Kier molecular flexibility index (Phi) is 3.88. The van der Waals surface area contributed by atoms with Crippen LogP contribution in [0.4, 0.5) is 0 Å². The van der Waals surface area contributed by atoms with E-state index in [0.717, 1.165) is 0 Å². The molecule has 0 aromatic heterocycles. The van der Waals surface area contributed by atoms with Crippen LogP contribution in [0.25, 0.3) is 0 Å². The summed E-state index contributed by atoms with van der Waals surface area (Å²) in [5.41, 5.74) is 0. The SMILES string of the molecule is CC(O)CC/C(O)=C/O. The average Bonchev–Trinajstić information content (AvgIpc) is 1.83. The predicted octanol–water partition coefficient (Wildman–Crippen LogP) is 1.10. The molecule has 3 nitrogen and oxygen atoms in total. The van der Waals surface area contributed by atoms with E-state index in [1.54, 1.807) is 6.92 Å². The molecule has 0 spiro atoms. The molecular weight excluding hydrogens is 120 g/mol. The summed E-state index contributed by atoms with van der Waals surface area (Å²) in [7, 11) is 0. The van der Waals surface area contributed by atoms with Crippen LogP contribution in [0.1, 0.15) is 19.8 Å². The zero-order valence-electron chi connectivity index (χ0n) is 5.41. The van der Waals surface area contributed by atoms with Crippen molar-refractivity contribution in [1.29, 1.82) is 0 Å². The molecule has 0 aromatic rings. The molecule has 0 heterocycles. The lowest BCUT2D eigenvalue weighted by atomic mass is 10.2. The zero-order valence-corrected chi connectivity index (χ0v) is 5.41. The highest BCUT2D eigenvalue weighted by atomic mass is 16.3. The van der Waals surface area contributed by atoms with Gasteiger partial charge in [-0.3, -0.25) is 0 Å². The lowest BCUT2D eigenvalue weighted by Gasteiger charge is -2.00. The maximum Gasteiger partial charge on any atom is 0.126 e. The molecule has 0 bridgehead atoms. The van der Waals surface area contributed by atoms with E-state index >= 15 is 0 Å². The first kappa shape index (κ1) is 8.30. The van der Waals surface area contributed by atoms with Crippen molar-refractivity contribution in [2.75, 3.05) is 0 Å². The molecule has 3 heteroatoms. The van der Waals surface area contributed by atoms with Gasteiger partial charge in [0, 0.05) is 6.42 Å². The number of aliphatic hydroxyl groups excluding tert-OH is 3. The third-order valence-electron chi connectivity index (χ3n) is 0.967. The second kappa shape index (κ2) is 4.21. The Morgan fingerprint density at radius 2 is 2.22 bits per heavy atom. The van der Waals surface area contributed by atoms with Crippen molar-refractivity contribution in [1.82, 2.24) is 0 Å². The number of rotatable bonds is 3. The molecule has 0 amide bonds. The normalized spacial score (nSPS) is 15.6. The van der Waals surface area contributed by atoms with Gasteiger partial charge in [0.2, 0.25) is 0 Å². The van der Waals surface area contributed by atoms with Gasteiger partial charge in [0.25, 0.3) is 0 Å². The molecule has 0 fully saturated rings. The Morgan fingerprint density at radius 3 is 2.56 bits per heavy atom. The molecule has 0 aliphatic rings. The number of hydrogen-bond donors (Lipinski definition) is 3. The number of hydrogen-bond acceptors (Lipinski definition) is 3. The first-order chi connectivity index (χ1) is 4.16. The van der Waals surface area contributed by atoms with Crippen molar-refractivity contribution in [2.45, 2.75) is 25.9 Å².